The van der Waals surface area contributed by atoms with Gasteiger partial charge in [0.05, 0.1) is 5.75 Å². The predicted molar refractivity (Wildman–Crippen MR) is 90.9 cm³/mol. The van der Waals surface area contributed by atoms with Crippen LogP contribution in [0.1, 0.15) is 24.8 Å². The highest BCUT2D eigenvalue weighted by atomic mass is 32.2. The van der Waals surface area contributed by atoms with Crippen molar-refractivity contribution < 1.29 is 9.59 Å². The Morgan fingerprint density at radius 1 is 1.39 bits per heavy atom. The van der Waals surface area contributed by atoms with E-state index in [4.69, 9.17) is 0 Å². The van der Waals surface area contributed by atoms with Crippen molar-refractivity contribution in [2.75, 3.05) is 31.6 Å². The zero-order valence-electron chi connectivity index (χ0n) is 13.5. The number of nitrogens with zero attached hydrogens (tertiary/aromatic N) is 3. The van der Waals surface area contributed by atoms with Crippen LogP contribution < -0.4 is 0 Å². The lowest BCUT2D eigenvalue weighted by Crippen LogP contribution is -2.44. The second kappa shape index (κ2) is 6.91. The number of carbonyl (C=O) groups is 2. The summed E-state index contributed by atoms with van der Waals surface area (Å²) >= 11 is 1.57. The van der Waals surface area contributed by atoms with Crippen molar-refractivity contribution in [3.63, 3.8) is 0 Å². The zero-order valence-corrected chi connectivity index (χ0v) is 14.3. The number of hydrogen-bond acceptors (Lipinski definition) is 4. The van der Waals surface area contributed by atoms with Crippen molar-refractivity contribution >= 4 is 23.6 Å². The third kappa shape index (κ3) is 3.68. The van der Waals surface area contributed by atoms with Gasteiger partial charge in [-0.05, 0) is 30.7 Å². The molecule has 0 bridgehead atoms. The molecular weight excluding hydrogens is 310 g/mol. The standard InChI is InChI=1S/C17H23N3O2S/c1-23-12-16(22)19-7-4-17(5-8-19)9-15(21)20(13-17)11-14-3-2-6-18-10-14/h2-3,6,10H,4-5,7-9,11-13H2,1H3. The van der Waals surface area contributed by atoms with E-state index < -0.39 is 0 Å². The van der Waals surface area contributed by atoms with Crippen LogP contribution in [-0.2, 0) is 16.1 Å². The molecule has 6 heteroatoms. The number of piperidine rings is 1. The second-order valence-electron chi connectivity index (χ2n) is 6.60. The Morgan fingerprint density at radius 2 is 2.17 bits per heavy atom. The van der Waals surface area contributed by atoms with E-state index in [2.05, 4.69) is 4.98 Å². The number of amides is 2. The summed E-state index contributed by atoms with van der Waals surface area (Å²) in [5.74, 6) is 1.01. The molecule has 1 spiro atoms. The average molecular weight is 333 g/mol. The highest BCUT2D eigenvalue weighted by Gasteiger charge is 2.45. The fourth-order valence-electron chi connectivity index (χ4n) is 3.62. The summed E-state index contributed by atoms with van der Waals surface area (Å²) in [5.41, 5.74) is 1.14. The molecule has 2 saturated heterocycles. The van der Waals surface area contributed by atoms with Gasteiger partial charge in [-0.2, -0.15) is 11.8 Å². The molecule has 5 nitrogen and oxygen atoms in total. The van der Waals surface area contributed by atoms with Crippen LogP contribution >= 0.6 is 11.8 Å². The summed E-state index contributed by atoms with van der Waals surface area (Å²) in [6, 6.07) is 3.91. The summed E-state index contributed by atoms with van der Waals surface area (Å²) in [6.07, 6.45) is 8.01. The van der Waals surface area contributed by atoms with Gasteiger partial charge in [-0.15, -0.1) is 0 Å². The third-order valence-corrected chi connectivity index (χ3v) is 5.48. The maximum absolute atomic E-state index is 12.4. The Kier molecular flexibility index (Phi) is 4.90. The number of likely N-dealkylation sites (tertiary alicyclic amines) is 2. The van der Waals surface area contributed by atoms with Crippen molar-refractivity contribution in [2.24, 2.45) is 5.41 Å². The van der Waals surface area contributed by atoms with Gasteiger partial charge in [0.15, 0.2) is 0 Å². The van der Waals surface area contributed by atoms with Crippen molar-refractivity contribution in [2.45, 2.75) is 25.8 Å². The van der Waals surface area contributed by atoms with Gasteiger partial charge in [-0.25, -0.2) is 0 Å². The highest BCUT2D eigenvalue weighted by molar-refractivity contribution is 7.99. The van der Waals surface area contributed by atoms with Gasteiger partial charge in [-0.1, -0.05) is 6.07 Å². The lowest BCUT2D eigenvalue weighted by molar-refractivity contribution is -0.130. The SMILES string of the molecule is CSCC(=O)N1CCC2(CC1)CC(=O)N(Cc1cccnc1)C2. The molecule has 2 amide bonds. The molecule has 23 heavy (non-hydrogen) atoms. The van der Waals surface area contributed by atoms with Gasteiger partial charge >= 0.3 is 0 Å². The molecule has 2 aliphatic rings. The average Bonchev–Trinajstić information content (AvgIpc) is 2.84. The van der Waals surface area contributed by atoms with Crippen LogP contribution in [0, 0.1) is 5.41 Å². The van der Waals surface area contributed by atoms with Crippen LogP contribution in [0.25, 0.3) is 0 Å². The minimum atomic E-state index is 0.0649. The van der Waals surface area contributed by atoms with Crippen molar-refractivity contribution in [1.82, 2.24) is 14.8 Å². The smallest absolute Gasteiger partial charge is 0.232 e. The molecule has 0 N–H and O–H groups in total. The predicted octanol–water partition coefficient (Wildman–Crippen LogP) is 1.79. The third-order valence-electron chi connectivity index (χ3n) is 4.95. The molecule has 2 aliphatic heterocycles. The van der Waals surface area contributed by atoms with Gasteiger partial charge in [0.1, 0.15) is 0 Å². The molecule has 0 aromatic carbocycles. The highest BCUT2D eigenvalue weighted by Crippen LogP contribution is 2.41. The quantitative estimate of drug-likeness (QED) is 0.843. The minimum Gasteiger partial charge on any atom is -0.342 e. The lowest BCUT2D eigenvalue weighted by Gasteiger charge is -2.38. The van der Waals surface area contributed by atoms with Crippen molar-refractivity contribution in [3.05, 3.63) is 30.1 Å². The minimum absolute atomic E-state index is 0.0649. The van der Waals surface area contributed by atoms with E-state index in [0.717, 1.165) is 38.0 Å². The molecule has 0 saturated carbocycles. The summed E-state index contributed by atoms with van der Waals surface area (Å²) in [7, 11) is 0. The van der Waals surface area contributed by atoms with E-state index in [1.165, 1.54) is 0 Å². The van der Waals surface area contributed by atoms with Gasteiger partial charge in [0.2, 0.25) is 11.8 Å². The molecule has 0 atom stereocenters. The Hall–Kier alpha value is -1.56. The van der Waals surface area contributed by atoms with Gasteiger partial charge in [0.25, 0.3) is 0 Å². The first-order chi connectivity index (χ1) is 11.1. The Morgan fingerprint density at radius 3 is 2.83 bits per heavy atom. The second-order valence-corrected chi connectivity index (χ2v) is 7.47. The fourth-order valence-corrected chi connectivity index (χ4v) is 4.05. The van der Waals surface area contributed by atoms with Crippen LogP contribution in [0.4, 0.5) is 0 Å². The zero-order chi connectivity index (χ0) is 16.3. The van der Waals surface area contributed by atoms with Crippen molar-refractivity contribution in [1.29, 1.82) is 0 Å². The van der Waals surface area contributed by atoms with Crippen molar-refractivity contribution in [3.8, 4) is 0 Å². The van der Waals surface area contributed by atoms with E-state index in [0.29, 0.717) is 18.7 Å². The first kappa shape index (κ1) is 16.3. The first-order valence-electron chi connectivity index (χ1n) is 8.05. The molecule has 124 valence electrons. The Labute approximate surface area is 141 Å². The molecule has 3 rings (SSSR count). The molecule has 0 unspecified atom stereocenters. The van der Waals surface area contributed by atoms with Crippen LogP contribution in [0.2, 0.25) is 0 Å². The molecule has 0 radical (unpaired) electrons. The summed E-state index contributed by atoms with van der Waals surface area (Å²) in [5, 5.41) is 0. The maximum Gasteiger partial charge on any atom is 0.232 e. The molecule has 2 fully saturated rings. The maximum atomic E-state index is 12.4. The number of hydrogen-bond donors (Lipinski definition) is 0. The number of thioether (sulfide) groups is 1. The van der Waals surface area contributed by atoms with Crippen LogP contribution in [0.15, 0.2) is 24.5 Å². The van der Waals surface area contributed by atoms with E-state index in [-0.39, 0.29) is 17.2 Å². The van der Waals surface area contributed by atoms with E-state index >= 15 is 0 Å². The molecule has 1 aromatic rings. The number of pyridine rings is 1. The van der Waals surface area contributed by atoms with E-state index in [1.54, 1.807) is 18.0 Å². The number of rotatable bonds is 4. The van der Waals surface area contributed by atoms with E-state index in [9.17, 15) is 9.59 Å². The first-order valence-corrected chi connectivity index (χ1v) is 9.45. The molecular formula is C17H23N3O2S. The monoisotopic (exact) mass is 333 g/mol. The summed E-state index contributed by atoms with van der Waals surface area (Å²) in [6.45, 7) is 3.02. The number of carbonyl (C=O) groups excluding carboxylic acids is 2. The molecule has 1 aromatic heterocycles. The molecule has 3 heterocycles. The summed E-state index contributed by atoms with van der Waals surface area (Å²) < 4.78 is 0. The summed E-state index contributed by atoms with van der Waals surface area (Å²) in [4.78, 5) is 32.4. The Bertz CT molecular complexity index is 570. The fraction of sp³-hybridized carbons (Fsp3) is 0.588. The Balaban J connectivity index is 1.58. The van der Waals surface area contributed by atoms with Crippen LogP contribution in [-0.4, -0.2) is 58.2 Å². The normalized spacial score (nSPS) is 20.3. The molecule has 0 aliphatic carbocycles. The lowest BCUT2D eigenvalue weighted by atomic mass is 9.77. The number of aromatic nitrogens is 1. The van der Waals surface area contributed by atoms with Gasteiger partial charge in [-0.3, -0.25) is 14.6 Å². The topological polar surface area (TPSA) is 53.5 Å². The van der Waals surface area contributed by atoms with Gasteiger partial charge in [0, 0.05) is 50.4 Å². The van der Waals surface area contributed by atoms with E-state index in [1.807, 2.05) is 34.4 Å². The van der Waals surface area contributed by atoms with Crippen LogP contribution in [0.3, 0.4) is 0 Å². The van der Waals surface area contributed by atoms with Gasteiger partial charge < -0.3 is 9.80 Å². The largest absolute Gasteiger partial charge is 0.342 e. The van der Waals surface area contributed by atoms with Crippen LogP contribution in [0.5, 0.6) is 0 Å².